The van der Waals surface area contributed by atoms with Crippen LogP contribution >= 0.6 is 0 Å². The van der Waals surface area contributed by atoms with E-state index in [0.29, 0.717) is 77.9 Å². The molecule has 11 aromatic heterocycles. The highest BCUT2D eigenvalue weighted by Gasteiger charge is 2.30. The van der Waals surface area contributed by atoms with Crippen LogP contribution in [0, 0.1) is 6.92 Å². The fourth-order valence-corrected chi connectivity index (χ4v) is 6.75. The summed E-state index contributed by atoms with van der Waals surface area (Å²) in [5.74, 6) is 4.35. The van der Waals surface area contributed by atoms with E-state index in [4.69, 9.17) is 4.52 Å². The number of fused-ring (bicyclic) bond motifs is 4. The molecule has 0 radical (unpaired) electrons. The summed E-state index contributed by atoms with van der Waals surface area (Å²) in [6.45, 7) is 4.10. The standard InChI is InChI=1S/C14H12F3N5.C11H10N6.C10H10N6O.C9H9N7/c15-14(16,17)10-3-1-2-9(6-10)4-5-18-12-11-13(20-7-19-11)22-8-21-12;1-2-8(4-12-3-1)5-13-10-9-11(15-6-14-9)17-7-16-10;1-6-2-7(17-16-6)3-11-9-8-10(13-4-12-8)15-5-14-9;1-2-11-6(10-1)3-12-8-7-9(14-4-13-7)16-5-15-8/h1-3,6-8H,4-5H2,(H2,18,19,20,21,22);1-4,6-7H,5H2,(H2,13,14,15,16,17);2,4-5H,3H2,1H3,(H2,11,12,13,14,15);1-2,4-5H,3H2,(H,10,11)(H2,12,13,14,15,16). The molecule has 12 aromatic rings. The molecule has 0 atom stereocenters. The molecule has 0 aliphatic rings. The highest BCUT2D eigenvalue weighted by atomic mass is 19.4. The van der Waals surface area contributed by atoms with Crippen molar-refractivity contribution in [3.05, 3.63) is 152 Å². The van der Waals surface area contributed by atoms with E-state index in [9.17, 15) is 13.2 Å². The third kappa shape index (κ3) is 12.2. The molecule has 0 saturated heterocycles. The number of nitrogens with zero attached hydrogens (tertiary/aromatic N) is 15. The predicted octanol–water partition coefficient (Wildman–Crippen LogP) is 6.34. The molecule has 11 heterocycles. The third-order valence-electron chi connectivity index (χ3n) is 10.1. The lowest BCUT2D eigenvalue weighted by molar-refractivity contribution is -0.137. The Morgan fingerprint density at radius 2 is 1.06 bits per heavy atom. The molecule has 0 amide bonds. The van der Waals surface area contributed by atoms with Crippen molar-refractivity contribution in [3.8, 4) is 0 Å². The fraction of sp³-hybridized carbons (Fsp3) is 0.159. The molecular formula is C44H41F3N24O. The molecule has 9 N–H and O–H groups in total. The molecule has 0 spiro atoms. The van der Waals surface area contributed by atoms with Crippen molar-refractivity contribution >= 4 is 67.9 Å². The second-order valence-corrected chi connectivity index (χ2v) is 15.1. The van der Waals surface area contributed by atoms with Crippen molar-refractivity contribution in [1.29, 1.82) is 0 Å². The van der Waals surface area contributed by atoms with Gasteiger partial charge in [-0.25, -0.2) is 64.8 Å². The molecular weight excluding hydrogens is 938 g/mol. The predicted molar refractivity (Wildman–Crippen MR) is 256 cm³/mol. The van der Waals surface area contributed by atoms with Gasteiger partial charge in [-0.15, -0.1) is 0 Å². The van der Waals surface area contributed by atoms with Gasteiger partial charge in [-0.2, -0.15) is 13.2 Å². The zero-order valence-electron chi connectivity index (χ0n) is 37.8. The van der Waals surface area contributed by atoms with Gasteiger partial charge in [0.15, 0.2) is 51.6 Å². The number of benzene rings is 1. The smallest absolute Gasteiger partial charge is 0.368 e. The molecule has 0 unspecified atom stereocenters. The summed E-state index contributed by atoms with van der Waals surface area (Å²) >= 11 is 0. The highest BCUT2D eigenvalue weighted by Crippen LogP contribution is 2.30. The number of halogens is 3. The molecule has 0 aliphatic carbocycles. The van der Waals surface area contributed by atoms with Crippen LogP contribution in [-0.4, -0.2) is 106 Å². The maximum absolute atomic E-state index is 12.7. The van der Waals surface area contributed by atoms with Crippen LogP contribution in [0.25, 0.3) is 44.7 Å². The fourth-order valence-electron chi connectivity index (χ4n) is 6.75. The quantitative estimate of drug-likeness (QED) is 0.0609. The minimum Gasteiger partial charge on any atom is -0.368 e. The Labute approximate surface area is 403 Å². The van der Waals surface area contributed by atoms with Gasteiger partial charge < -0.3 is 50.7 Å². The molecule has 25 nitrogen and oxygen atoms in total. The molecule has 0 aliphatic heterocycles. The number of alkyl halides is 3. The van der Waals surface area contributed by atoms with Gasteiger partial charge in [0.2, 0.25) is 0 Å². The summed E-state index contributed by atoms with van der Waals surface area (Å²) < 4.78 is 43.0. The van der Waals surface area contributed by atoms with Gasteiger partial charge in [-0.05, 0) is 36.6 Å². The van der Waals surface area contributed by atoms with E-state index in [1.807, 2.05) is 31.3 Å². The molecule has 28 heteroatoms. The summed E-state index contributed by atoms with van der Waals surface area (Å²) in [6.07, 6.45) is 15.3. The van der Waals surface area contributed by atoms with Crippen molar-refractivity contribution in [2.45, 2.75) is 39.2 Å². The SMILES string of the molecule is Cc1cc(CNc2ncnc3nc[nH]c23)on1.FC(F)(F)c1cccc(CCNc2ncnc3nc[nH]c23)c1.c1c[nH]c(CNc2ncnc3nc[nH]c23)n1.c1cncc(CNc2ncnc3nc[nH]c23)c1. The molecule has 72 heavy (non-hydrogen) atoms. The number of anilines is 4. The van der Waals surface area contributed by atoms with Gasteiger partial charge in [-0.3, -0.25) is 4.98 Å². The number of nitrogens with one attached hydrogen (secondary N) is 9. The molecule has 1 aromatic carbocycles. The summed E-state index contributed by atoms with van der Waals surface area (Å²) in [4.78, 5) is 71.9. The summed E-state index contributed by atoms with van der Waals surface area (Å²) in [7, 11) is 0. The number of pyridine rings is 1. The van der Waals surface area contributed by atoms with Crippen molar-refractivity contribution in [2.24, 2.45) is 0 Å². The largest absolute Gasteiger partial charge is 0.416 e. The summed E-state index contributed by atoms with van der Waals surface area (Å²) in [5.41, 5.74) is 7.48. The van der Waals surface area contributed by atoms with Crippen LogP contribution in [0.1, 0.15) is 34.0 Å². The van der Waals surface area contributed by atoms with Gasteiger partial charge in [-0.1, -0.05) is 29.4 Å². The number of rotatable bonds is 13. The van der Waals surface area contributed by atoms with Crippen LogP contribution in [0.15, 0.2) is 122 Å². The van der Waals surface area contributed by atoms with Gasteiger partial charge in [0, 0.05) is 43.9 Å². The van der Waals surface area contributed by atoms with Gasteiger partial charge in [0.1, 0.15) is 53.2 Å². The lowest BCUT2D eigenvalue weighted by atomic mass is 10.1. The van der Waals surface area contributed by atoms with E-state index in [1.54, 1.807) is 43.6 Å². The van der Waals surface area contributed by atoms with E-state index >= 15 is 0 Å². The minimum atomic E-state index is -4.32. The average molecular weight is 979 g/mol. The number of H-pyrrole nitrogens is 5. The topological polar surface area (TPSA) is 334 Å². The Hall–Kier alpha value is -10.0. The third-order valence-corrected chi connectivity index (χ3v) is 10.1. The molecule has 0 fully saturated rings. The van der Waals surface area contributed by atoms with Gasteiger partial charge in [0.25, 0.3) is 0 Å². The van der Waals surface area contributed by atoms with Gasteiger partial charge >= 0.3 is 6.18 Å². The Morgan fingerprint density at radius 3 is 1.54 bits per heavy atom. The van der Waals surface area contributed by atoms with E-state index in [1.165, 1.54) is 37.7 Å². The monoisotopic (exact) mass is 978 g/mol. The van der Waals surface area contributed by atoms with E-state index < -0.39 is 11.7 Å². The Bertz CT molecular complexity index is 3570. The van der Waals surface area contributed by atoms with Crippen molar-refractivity contribution < 1.29 is 17.7 Å². The highest BCUT2D eigenvalue weighted by molar-refractivity contribution is 5.84. The second kappa shape index (κ2) is 22.4. The zero-order valence-corrected chi connectivity index (χ0v) is 37.8. The lowest BCUT2D eigenvalue weighted by Gasteiger charge is -2.09. The zero-order chi connectivity index (χ0) is 49.5. The number of hydrogen-bond donors (Lipinski definition) is 9. The Kier molecular flexibility index (Phi) is 14.6. The number of aromatic nitrogens is 20. The Morgan fingerprint density at radius 1 is 0.528 bits per heavy atom. The van der Waals surface area contributed by atoms with Crippen LogP contribution in [0.2, 0.25) is 0 Å². The van der Waals surface area contributed by atoms with Crippen LogP contribution in [-0.2, 0) is 32.2 Å². The lowest BCUT2D eigenvalue weighted by Crippen LogP contribution is -2.09. The minimum absolute atomic E-state index is 0.448. The van der Waals surface area contributed by atoms with Crippen LogP contribution < -0.4 is 21.3 Å². The summed E-state index contributed by atoms with van der Waals surface area (Å²) in [6, 6.07) is 11.1. The first-order valence-electron chi connectivity index (χ1n) is 21.7. The number of imidazole rings is 5. The number of hydrogen-bond acceptors (Lipinski definition) is 20. The average Bonchev–Trinajstić information content (AvgIpc) is 4.27. The van der Waals surface area contributed by atoms with Crippen LogP contribution in [0.3, 0.4) is 0 Å². The van der Waals surface area contributed by atoms with Crippen molar-refractivity contribution in [2.75, 3.05) is 27.8 Å². The first-order valence-corrected chi connectivity index (χ1v) is 21.7. The molecule has 12 rings (SSSR count). The Balaban J connectivity index is 0.000000119. The second-order valence-electron chi connectivity index (χ2n) is 15.1. The molecule has 0 bridgehead atoms. The van der Waals surface area contributed by atoms with Crippen molar-refractivity contribution in [3.63, 3.8) is 0 Å². The van der Waals surface area contributed by atoms with E-state index in [2.05, 4.69) is 121 Å². The van der Waals surface area contributed by atoms with Gasteiger partial charge in [0.05, 0.1) is 49.7 Å². The van der Waals surface area contributed by atoms with Crippen molar-refractivity contribution in [1.82, 2.24) is 99.9 Å². The summed E-state index contributed by atoms with van der Waals surface area (Å²) in [5, 5.41) is 16.4. The van der Waals surface area contributed by atoms with E-state index in [0.717, 1.165) is 63.2 Å². The maximum atomic E-state index is 12.7. The van der Waals surface area contributed by atoms with Crippen LogP contribution in [0.4, 0.5) is 36.4 Å². The first kappa shape index (κ1) is 47.1. The molecule has 0 saturated carbocycles. The van der Waals surface area contributed by atoms with E-state index in [-0.39, 0.29) is 0 Å². The number of aromatic amines is 5. The number of aryl methyl sites for hydroxylation is 1. The van der Waals surface area contributed by atoms with Crippen LogP contribution in [0.5, 0.6) is 0 Å². The molecule has 364 valence electrons. The first-order chi connectivity index (χ1) is 35.2. The normalized spacial score (nSPS) is 11.1. The maximum Gasteiger partial charge on any atom is 0.416 e.